The molecule has 6 heteroatoms. The minimum Gasteiger partial charge on any atom is -0.380 e. The number of nitrogens with zero attached hydrogens (tertiary/aromatic N) is 1. The number of anilines is 1. The highest BCUT2D eigenvalue weighted by Crippen LogP contribution is 2.17. The second-order valence-electron chi connectivity index (χ2n) is 7.12. The van der Waals surface area contributed by atoms with E-state index in [2.05, 4.69) is 10.6 Å². The highest BCUT2D eigenvalue weighted by Gasteiger charge is 2.26. The van der Waals surface area contributed by atoms with Crippen LogP contribution in [-0.4, -0.2) is 43.6 Å². The molecule has 0 aromatic heterocycles. The SMILES string of the molecule is COCc1ccc(NC(=O)NCC2CCN(C(=O)Cc3ccccc3)C2)cc1. The van der Waals surface area contributed by atoms with Gasteiger partial charge in [-0.25, -0.2) is 4.79 Å². The number of ether oxygens (including phenoxy) is 1. The topological polar surface area (TPSA) is 70.7 Å². The van der Waals surface area contributed by atoms with Gasteiger partial charge in [0.05, 0.1) is 13.0 Å². The summed E-state index contributed by atoms with van der Waals surface area (Å²) < 4.78 is 5.08. The molecule has 1 atom stereocenters. The van der Waals surface area contributed by atoms with E-state index in [1.165, 1.54) is 0 Å². The van der Waals surface area contributed by atoms with E-state index in [0.29, 0.717) is 26.1 Å². The lowest BCUT2D eigenvalue weighted by atomic mass is 10.1. The van der Waals surface area contributed by atoms with Gasteiger partial charge in [0.15, 0.2) is 0 Å². The fourth-order valence-electron chi connectivity index (χ4n) is 3.37. The Bertz CT molecular complexity index is 777. The minimum atomic E-state index is -0.228. The lowest BCUT2D eigenvalue weighted by Gasteiger charge is -2.17. The second-order valence-corrected chi connectivity index (χ2v) is 7.12. The van der Waals surface area contributed by atoms with E-state index in [1.54, 1.807) is 7.11 Å². The molecule has 2 aromatic rings. The summed E-state index contributed by atoms with van der Waals surface area (Å²) in [5, 5.41) is 5.74. The van der Waals surface area contributed by atoms with Crippen LogP contribution in [0.4, 0.5) is 10.5 Å². The van der Waals surface area contributed by atoms with Gasteiger partial charge in [-0.05, 0) is 35.6 Å². The highest BCUT2D eigenvalue weighted by molar-refractivity contribution is 5.89. The van der Waals surface area contributed by atoms with Crippen molar-refractivity contribution in [2.24, 2.45) is 5.92 Å². The van der Waals surface area contributed by atoms with Gasteiger partial charge < -0.3 is 20.3 Å². The first kappa shape index (κ1) is 19.9. The third-order valence-corrected chi connectivity index (χ3v) is 4.91. The summed E-state index contributed by atoms with van der Waals surface area (Å²) >= 11 is 0. The van der Waals surface area contributed by atoms with Crippen LogP contribution in [0, 0.1) is 5.92 Å². The third kappa shape index (κ3) is 5.82. The second kappa shape index (κ2) is 9.90. The number of carbonyl (C=O) groups excluding carboxylic acids is 2. The molecule has 0 aliphatic carbocycles. The molecule has 148 valence electrons. The molecule has 0 radical (unpaired) electrons. The maximum Gasteiger partial charge on any atom is 0.319 e. The molecule has 1 saturated heterocycles. The van der Waals surface area contributed by atoms with Gasteiger partial charge in [-0.2, -0.15) is 0 Å². The monoisotopic (exact) mass is 381 g/mol. The van der Waals surface area contributed by atoms with Gasteiger partial charge in [0.25, 0.3) is 0 Å². The van der Waals surface area contributed by atoms with E-state index in [1.807, 2.05) is 59.5 Å². The number of hydrogen-bond acceptors (Lipinski definition) is 3. The predicted octanol–water partition coefficient (Wildman–Crippen LogP) is 3.05. The minimum absolute atomic E-state index is 0.148. The molecule has 0 spiro atoms. The Morgan fingerprint density at radius 2 is 1.82 bits per heavy atom. The van der Waals surface area contributed by atoms with E-state index in [9.17, 15) is 9.59 Å². The molecule has 28 heavy (non-hydrogen) atoms. The third-order valence-electron chi connectivity index (χ3n) is 4.91. The average Bonchev–Trinajstić information content (AvgIpc) is 3.18. The van der Waals surface area contributed by atoms with Crippen molar-refractivity contribution in [1.82, 2.24) is 10.2 Å². The van der Waals surface area contributed by atoms with Gasteiger partial charge in [0, 0.05) is 32.4 Å². The average molecular weight is 381 g/mol. The van der Waals surface area contributed by atoms with Gasteiger partial charge in [-0.15, -0.1) is 0 Å². The Hall–Kier alpha value is -2.86. The summed E-state index contributed by atoms with van der Waals surface area (Å²) in [5.41, 5.74) is 2.83. The summed E-state index contributed by atoms with van der Waals surface area (Å²) in [6.07, 6.45) is 1.34. The number of urea groups is 1. The number of benzene rings is 2. The first-order chi connectivity index (χ1) is 13.6. The molecule has 1 fully saturated rings. The van der Waals surface area contributed by atoms with E-state index in [0.717, 1.165) is 29.8 Å². The quantitative estimate of drug-likeness (QED) is 0.774. The van der Waals surface area contributed by atoms with Crippen LogP contribution in [-0.2, 0) is 22.6 Å². The molecular formula is C22H27N3O3. The molecule has 1 aliphatic heterocycles. The predicted molar refractivity (Wildman–Crippen MR) is 109 cm³/mol. The van der Waals surface area contributed by atoms with Crippen molar-refractivity contribution in [3.8, 4) is 0 Å². The molecule has 3 amide bonds. The fraction of sp³-hybridized carbons (Fsp3) is 0.364. The molecule has 0 bridgehead atoms. The number of rotatable bonds is 7. The van der Waals surface area contributed by atoms with Crippen molar-refractivity contribution in [2.45, 2.75) is 19.4 Å². The normalized spacial score (nSPS) is 16.0. The lowest BCUT2D eigenvalue weighted by molar-refractivity contribution is -0.129. The molecule has 1 heterocycles. The van der Waals surface area contributed by atoms with Crippen molar-refractivity contribution in [3.63, 3.8) is 0 Å². The summed E-state index contributed by atoms with van der Waals surface area (Å²) in [4.78, 5) is 26.4. The van der Waals surface area contributed by atoms with E-state index in [4.69, 9.17) is 4.74 Å². The van der Waals surface area contributed by atoms with Crippen LogP contribution in [0.3, 0.4) is 0 Å². The maximum atomic E-state index is 12.4. The molecule has 1 unspecified atom stereocenters. The van der Waals surface area contributed by atoms with Gasteiger partial charge in [-0.3, -0.25) is 4.79 Å². The molecule has 3 rings (SSSR count). The molecule has 0 saturated carbocycles. The molecule has 2 N–H and O–H groups in total. The molecule has 6 nitrogen and oxygen atoms in total. The Morgan fingerprint density at radius 1 is 1.07 bits per heavy atom. The molecule has 1 aliphatic rings. The van der Waals surface area contributed by atoms with E-state index >= 15 is 0 Å². The largest absolute Gasteiger partial charge is 0.380 e. The lowest BCUT2D eigenvalue weighted by Crippen LogP contribution is -2.35. The maximum absolute atomic E-state index is 12.4. The summed E-state index contributed by atoms with van der Waals surface area (Å²) in [6.45, 7) is 2.55. The number of amides is 3. The van der Waals surface area contributed by atoms with Crippen LogP contribution in [0.15, 0.2) is 54.6 Å². The number of carbonyl (C=O) groups is 2. The van der Waals surface area contributed by atoms with Crippen LogP contribution in [0.5, 0.6) is 0 Å². The fourth-order valence-corrected chi connectivity index (χ4v) is 3.37. The zero-order valence-electron chi connectivity index (χ0n) is 16.2. The number of likely N-dealkylation sites (tertiary alicyclic amines) is 1. The van der Waals surface area contributed by atoms with E-state index in [-0.39, 0.29) is 17.9 Å². The Balaban J connectivity index is 1.39. The van der Waals surface area contributed by atoms with Gasteiger partial charge >= 0.3 is 6.03 Å². The first-order valence-electron chi connectivity index (χ1n) is 9.58. The zero-order chi connectivity index (χ0) is 19.8. The Morgan fingerprint density at radius 3 is 2.54 bits per heavy atom. The van der Waals surface area contributed by atoms with Crippen molar-refractivity contribution in [1.29, 1.82) is 0 Å². The van der Waals surface area contributed by atoms with Crippen molar-refractivity contribution >= 4 is 17.6 Å². The van der Waals surface area contributed by atoms with Crippen LogP contribution in [0.1, 0.15) is 17.5 Å². The van der Waals surface area contributed by atoms with Gasteiger partial charge in [-0.1, -0.05) is 42.5 Å². The van der Waals surface area contributed by atoms with Crippen molar-refractivity contribution in [2.75, 3.05) is 32.1 Å². The van der Waals surface area contributed by atoms with Gasteiger partial charge in [0.2, 0.25) is 5.91 Å². The smallest absolute Gasteiger partial charge is 0.319 e. The van der Waals surface area contributed by atoms with Gasteiger partial charge in [0.1, 0.15) is 0 Å². The molecular weight excluding hydrogens is 354 g/mol. The number of nitrogens with one attached hydrogen (secondary N) is 2. The van der Waals surface area contributed by atoms with Crippen molar-refractivity contribution in [3.05, 3.63) is 65.7 Å². The highest BCUT2D eigenvalue weighted by atomic mass is 16.5. The van der Waals surface area contributed by atoms with Crippen LogP contribution in [0.2, 0.25) is 0 Å². The summed E-state index contributed by atoms with van der Waals surface area (Å²) in [7, 11) is 1.65. The zero-order valence-corrected chi connectivity index (χ0v) is 16.2. The van der Waals surface area contributed by atoms with Crippen LogP contribution < -0.4 is 10.6 Å². The number of hydrogen-bond donors (Lipinski definition) is 2. The van der Waals surface area contributed by atoms with Crippen molar-refractivity contribution < 1.29 is 14.3 Å². The molecule has 2 aromatic carbocycles. The van der Waals surface area contributed by atoms with Crippen LogP contribution in [0.25, 0.3) is 0 Å². The Labute approximate surface area is 165 Å². The summed E-state index contributed by atoms with van der Waals surface area (Å²) in [6, 6.07) is 17.1. The van der Waals surface area contributed by atoms with E-state index < -0.39 is 0 Å². The first-order valence-corrected chi connectivity index (χ1v) is 9.58. The van der Waals surface area contributed by atoms with Crippen LogP contribution >= 0.6 is 0 Å². The summed E-state index contributed by atoms with van der Waals surface area (Å²) in [5.74, 6) is 0.434. The standard InChI is InChI=1S/C22H27N3O3/c1-28-16-18-7-9-20(10-8-18)24-22(27)23-14-19-11-12-25(15-19)21(26)13-17-5-3-2-4-6-17/h2-10,19H,11-16H2,1H3,(H2,23,24,27). The number of methoxy groups -OCH3 is 1. The Kier molecular flexibility index (Phi) is 7.03.